The Balaban J connectivity index is 1.42. The number of halogens is 1. The third-order valence-electron chi connectivity index (χ3n) is 3.28. The Kier molecular flexibility index (Phi) is 5.58. The fraction of sp³-hybridized carbons (Fsp3) is 0.176. The van der Waals surface area contributed by atoms with Crippen molar-refractivity contribution in [2.24, 2.45) is 0 Å². The van der Waals surface area contributed by atoms with Crippen molar-refractivity contribution in [1.82, 2.24) is 25.5 Å². The molecule has 0 unspecified atom stereocenters. The van der Waals surface area contributed by atoms with Gasteiger partial charge in [0, 0.05) is 10.6 Å². The van der Waals surface area contributed by atoms with Gasteiger partial charge in [0.1, 0.15) is 18.9 Å². The fourth-order valence-corrected chi connectivity index (χ4v) is 2.21. The van der Waals surface area contributed by atoms with E-state index in [1.54, 1.807) is 24.3 Å². The summed E-state index contributed by atoms with van der Waals surface area (Å²) in [7, 11) is 0. The van der Waals surface area contributed by atoms with Crippen LogP contribution < -0.4 is 10.1 Å². The molecule has 0 saturated heterocycles. The Morgan fingerprint density at radius 3 is 2.64 bits per heavy atom. The van der Waals surface area contributed by atoms with E-state index in [1.807, 2.05) is 30.3 Å². The van der Waals surface area contributed by atoms with Gasteiger partial charge in [-0.3, -0.25) is 4.79 Å². The summed E-state index contributed by atoms with van der Waals surface area (Å²) in [5, 5.41) is 15.4. The van der Waals surface area contributed by atoms with Crippen LogP contribution in [0.4, 0.5) is 0 Å². The number of tetrazole rings is 1. The van der Waals surface area contributed by atoms with Gasteiger partial charge < -0.3 is 10.1 Å². The van der Waals surface area contributed by atoms with Gasteiger partial charge in [-0.2, -0.15) is 4.80 Å². The first-order chi connectivity index (χ1) is 12.2. The van der Waals surface area contributed by atoms with Gasteiger partial charge in [0.15, 0.2) is 0 Å². The topological polar surface area (TPSA) is 81.9 Å². The largest absolute Gasteiger partial charge is 0.492 e. The van der Waals surface area contributed by atoms with E-state index >= 15 is 0 Å². The summed E-state index contributed by atoms with van der Waals surface area (Å²) in [6.45, 7) is 0.732. The van der Waals surface area contributed by atoms with E-state index in [4.69, 9.17) is 16.3 Å². The fourth-order valence-electron chi connectivity index (χ4n) is 2.09. The lowest BCUT2D eigenvalue weighted by Crippen LogP contribution is -2.31. The molecule has 3 rings (SSSR count). The van der Waals surface area contributed by atoms with Crippen LogP contribution in [0.2, 0.25) is 5.02 Å². The predicted octanol–water partition coefficient (Wildman–Crippen LogP) is 2.19. The molecule has 7 nitrogen and oxygen atoms in total. The molecule has 0 aliphatic heterocycles. The number of rotatable bonds is 7. The van der Waals surface area contributed by atoms with Crippen molar-refractivity contribution in [2.75, 3.05) is 13.2 Å². The molecule has 0 bridgehead atoms. The summed E-state index contributed by atoms with van der Waals surface area (Å²) in [5.74, 6) is 0.972. The van der Waals surface area contributed by atoms with Crippen molar-refractivity contribution in [3.05, 3.63) is 59.6 Å². The molecule has 1 heterocycles. The second-order valence-electron chi connectivity index (χ2n) is 5.16. The molecule has 2 aromatic carbocycles. The Labute approximate surface area is 149 Å². The standard InChI is InChI=1S/C17H16ClN5O2/c18-14-6-8-15(9-7-14)25-11-10-19-16(24)12-23-21-17(20-22-23)13-4-2-1-3-5-13/h1-9H,10-12H2,(H,19,24). The van der Waals surface area contributed by atoms with E-state index < -0.39 is 0 Å². The molecule has 0 saturated carbocycles. The smallest absolute Gasteiger partial charge is 0.243 e. The number of hydrogen-bond donors (Lipinski definition) is 1. The Hall–Kier alpha value is -2.93. The van der Waals surface area contributed by atoms with Crippen molar-refractivity contribution in [1.29, 1.82) is 0 Å². The van der Waals surface area contributed by atoms with Gasteiger partial charge in [0.2, 0.25) is 11.7 Å². The third-order valence-corrected chi connectivity index (χ3v) is 3.53. The normalized spacial score (nSPS) is 10.4. The van der Waals surface area contributed by atoms with Crippen molar-refractivity contribution in [3.63, 3.8) is 0 Å². The van der Waals surface area contributed by atoms with Gasteiger partial charge in [-0.15, -0.1) is 10.2 Å². The molecule has 3 aromatic rings. The minimum atomic E-state index is -0.211. The molecule has 0 fully saturated rings. The molecule has 25 heavy (non-hydrogen) atoms. The van der Waals surface area contributed by atoms with Crippen LogP contribution >= 0.6 is 11.6 Å². The first-order valence-electron chi connectivity index (χ1n) is 7.69. The van der Waals surface area contributed by atoms with Gasteiger partial charge >= 0.3 is 0 Å². The molecule has 8 heteroatoms. The predicted molar refractivity (Wildman–Crippen MR) is 93.2 cm³/mol. The molecule has 0 atom stereocenters. The highest BCUT2D eigenvalue weighted by atomic mass is 35.5. The zero-order valence-corrected chi connectivity index (χ0v) is 14.1. The number of nitrogens with one attached hydrogen (secondary N) is 1. The number of benzene rings is 2. The average Bonchev–Trinajstić information content (AvgIpc) is 3.09. The molecule has 1 aromatic heterocycles. The zero-order chi connectivity index (χ0) is 17.5. The maximum atomic E-state index is 11.9. The van der Waals surface area contributed by atoms with Crippen LogP contribution in [0.3, 0.4) is 0 Å². The van der Waals surface area contributed by atoms with E-state index in [2.05, 4.69) is 20.7 Å². The molecular weight excluding hydrogens is 342 g/mol. The van der Waals surface area contributed by atoms with Crippen LogP contribution in [-0.4, -0.2) is 39.3 Å². The van der Waals surface area contributed by atoms with Crippen LogP contribution in [0, 0.1) is 0 Å². The first-order valence-corrected chi connectivity index (χ1v) is 8.07. The van der Waals surface area contributed by atoms with Gasteiger partial charge in [0.25, 0.3) is 0 Å². The van der Waals surface area contributed by atoms with Gasteiger partial charge in [-0.1, -0.05) is 41.9 Å². The lowest BCUT2D eigenvalue weighted by molar-refractivity contribution is -0.122. The number of amides is 1. The van der Waals surface area contributed by atoms with E-state index in [1.165, 1.54) is 4.80 Å². The summed E-state index contributed by atoms with van der Waals surface area (Å²) in [6.07, 6.45) is 0. The quantitative estimate of drug-likeness (QED) is 0.655. The van der Waals surface area contributed by atoms with Gasteiger partial charge in [0.05, 0.1) is 6.54 Å². The molecular formula is C17H16ClN5O2. The van der Waals surface area contributed by atoms with Gasteiger partial charge in [-0.25, -0.2) is 0 Å². The summed E-state index contributed by atoms with van der Waals surface area (Å²) >= 11 is 5.80. The summed E-state index contributed by atoms with van der Waals surface area (Å²) in [5.41, 5.74) is 0.852. The van der Waals surface area contributed by atoms with Crippen LogP contribution in [0.1, 0.15) is 0 Å². The maximum Gasteiger partial charge on any atom is 0.243 e. The highest BCUT2D eigenvalue weighted by Crippen LogP contribution is 2.15. The molecule has 1 amide bonds. The number of carbonyl (C=O) groups excluding carboxylic acids is 1. The molecule has 0 spiro atoms. The molecule has 1 N–H and O–H groups in total. The van der Waals surface area contributed by atoms with Crippen LogP contribution in [0.15, 0.2) is 54.6 Å². The van der Waals surface area contributed by atoms with Crippen LogP contribution in [-0.2, 0) is 11.3 Å². The lowest BCUT2D eigenvalue weighted by atomic mass is 10.2. The maximum absolute atomic E-state index is 11.9. The van der Waals surface area contributed by atoms with Crippen LogP contribution in [0.25, 0.3) is 11.4 Å². The number of nitrogens with zero attached hydrogens (tertiary/aromatic N) is 4. The molecule has 0 radical (unpaired) electrons. The average molecular weight is 358 g/mol. The monoisotopic (exact) mass is 357 g/mol. The SMILES string of the molecule is O=C(Cn1nnc(-c2ccccc2)n1)NCCOc1ccc(Cl)cc1. The highest BCUT2D eigenvalue weighted by Gasteiger charge is 2.08. The zero-order valence-electron chi connectivity index (χ0n) is 13.3. The minimum absolute atomic E-state index is 0.000772. The second kappa shape index (κ2) is 8.25. The Morgan fingerprint density at radius 2 is 1.88 bits per heavy atom. The first kappa shape index (κ1) is 16.9. The third kappa shape index (κ3) is 5.02. The molecule has 0 aliphatic rings. The van der Waals surface area contributed by atoms with E-state index in [0.717, 1.165) is 5.56 Å². The molecule has 0 aliphatic carbocycles. The summed E-state index contributed by atoms with van der Waals surface area (Å²) < 4.78 is 5.50. The van der Waals surface area contributed by atoms with E-state index in [9.17, 15) is 4.79 Å². The minimum Gasteiger partial charge on any atom is -0.492 e. The van der Waals surface area contributed by atoms with E-state index in [0.29, 0.717) is 29.7 Å². The highest BCUT2D eigenvalue weighted by molar-refractivity contribution is 6.30. The van der Waals surface area contributed by atoms with Crippen molar-refractivity contribution in [2.45, 2.75) is 6.54 Å². The van der Waals surface area contributed by atoms with Gasteiger partial charge in [-0.05, 0) is 29.5 Å². The summed E-state index contributed by atoms with van der Waals surface area (Å²) in [4.78, 5) is 13.2. The van der Waals surface area contributed by atoms with Crippen molar-refractivity contribution in [3.8, 4) is 17.1 Å². The Morgan fingerprint density at radius 1 is 1.12 bits per heavy atom. The second-order valence-corrected chi connectivity index (χ2v) is 5.60. The van der Waals surface area contributed by atoms with Crippen LogP contribution in [0.5, 0.6) is 5.75 Å². The number of hydrogen-bond acceptors (Lipinski definition) is 5. The summed E-state index contributed by atoms with van der Waals surface area (Å²) in [6, 6.07) is 16.5. The number of carbonyl (C=O) groups is 1. The lowest BCUT2D eigenvalue weighted by Gasteiger charge is -2.07. The Bertz CT molecular complexity index is 821. The van der Waals surface area contributed by atoms with E-state index in [-0.39, 0.29) is 12.5 Å². The van der Waals surface area contributed by atoms with Crippen molar-refractivity contribution >= 4 is 17.5 Å². The molecule has 128 valence electrons. The number of aromatic nitrogens is 4. The number of ether oxygens (including phenoxy) is 1. The van der Waals surface area contributed by atoms with Crippen molar-refractivity contribution < 1.29 is 9.53 Å².